The zero-order chi connectivity index (χ0) is 22.7. The predicted molar refractivity (Wildman–Crippen MR) is 112 cm³/mol. The van der Waals surface area contributed by atoms with Crippen LogP contribution in [-0.2, 0) is 25.7 Å². The molecule has 0 aliphatic carbocycles. The van der Waals surface area contributed by atoms with Gasteiger partial charge in [0, 0.05) is 64.2 Å². The van der Waals surface area contributed by atoms with Crippen LogP contribution >= 0.6 is 0 Å². The minimum atomic E-state index is -0.679. The Morgan fingerprint density at radius 3 is 2.22 bits per heavy atom. The number of benzene rings is 1. The number of hydroxylamine groups is 2. The first-order valence-corrected chi connectivity index (χ1v) is 10.9. The highest BCUT2D eigenvalue weighted by Gasteiger charge is 2.35. The summed E-state index contributed by atoms with van der Waals surface area (Å²) in [6.07, 6.45) is -0.527. The molecule has 3 saturated heterocycles. The summed E-state index contributed by atoms with van der Waals surface area (Å²) in [5, 5.41) is 0.578. The van der Waals surface area contributed by atoms with E-state index < -0.39 is 17.9 Å². The molecule has 1 aromatic rings. The molecule has 4 rings (SSSR count). The van der Waals surface area contributed by atoms with Crippen LogP contribution < -0.4 is 0 Å². The van der Waals surface area contributed by atoms with E-state index in [0.717, 1.165) is 11.1 Å². The molecule has 0 unspecified atom stereocenters. The van der Waals surface area contributed by atoms with Gasteiger partial charge in [0.15, 0.2) is 0 Å². The van der Waals surface area contributed by atoms with E-state index in [1.54, 1.807) is 0 Å². The van der Waals surface area contributed by atoms with E-state index in [2.05, 4.69) is 11.0 Å². The van der Waals surface area contributed by atoms with Crippen LogP contribution in [0.1, 0.15) is 34.3 Å². The third kappa shape index (κ3) is 5.08. The molecule has 0 saturated carbocycles. The standard InChI is InChI=1S/C22H28N4O6/c1-16-12-17(14-18(13-16)21(29)24-8-10-31-11-9-24)15-23-4-6-25(7-5-23)22(30)32-26-19(27)2-3-20(26)28/h12-14H,2-11,15H2,1H3. The monoisotopic (exact) mass is 444 g/mol. The minimum absolute atomic E-state index is 0.0248. The van der Waals surface area contributed by atoms with Gasteiger partial charge < -0.3 is 19.4 Å². The van der Waals surface area contributed by atoms with Gasteiger partial charge in [0.2, 0.25) is 0 Å². The minimum Gasteiger partial charge on any atom is -0.378 e. The van der Waals surface area contributed by atoms with Crippen LogP contribution in [0.25, 0.3) is 0 Å². The third-order valence-electron chi connectivity index (χ3n) is 5.89. The van der Waals surface area contributed by atoms with Gasteiger partial charge in [-0.3, -0.25) is 19.3 Å². The number of imide groups is 1. The summed E-state index contributed by atoms with van der Waals surface area (Å²) in [5.41, 5.74) is 2.76. The van der Waals surface area contributed by atoms with E-state index in [0.29, 0.717) is 69.7 Å². The number of hydrogen-bond donors (Lipinski definition) is 0. The average molecular weight is 444 g/mol. The van der Waals surface area contributed by atoms with Crippen molar-refractivity contribution < 1.29 is 28.8 Å². The average Bonchev–Trinajstić information content (AvgIpc) is 3.11. The molecule has 32 heavy (non-hydrogen) atoms. The Bertz CT molecular complexity index is 890. The summed E-state index contributed by atoms with van der Waals surface area (Å²) in [6, 6.07) is 5.92. The van der Waals surface area contributed by atoms with Crippen molar-refractivity contribution in [1.82, 2.24) is 19.8 Å². The number of hydrogen-bond acceptors (Lipinski definition) is 7. The Morgan fingerprint density at radius 2 is 1.56 bits per heavy atom. The Morgan fingerprint density at radius 1 is 0.906 bits per heavy atom. The van der Waals surface area contributed by atoms with E-state index in [4.69, 9.17) is 9.57 Å². The lowest BCUT2D eigenvalue weighted by Gasteiger charge is -2.34. The summed E-state index contributed by atoms with van der Waals surface area (Å²) in [5.74, 6) is -0.940. The summed E-state index contributed by atoms with van der Waals surface area (Å²) in [4.78, 5) is 58.9. The highest BCUT2D eigenvalue weighted by Crippen LogP contribution is 2.17. The molecule has 4 amide bonds. The number of carbonyl (C=O) groups is 4. The smallest absolute Gasteiger partial charge is 0.378 e. The van der Waals surface area contributed by atoms with Crippen LogP contribution in [0.5, 0.6) is 0 Å². The number of ether oxygens (including phenoxy) is 1. The molecular formula is C22H28N4O6. The first kappa shape index (κ1) is 22.2. The zero-order valence-corrected chi connectivity index (χ0v) is 18.2. The largest absolute Gasteiger partial charge is 0.434 e. The lowest BCUT2D eigenvalue weighted by Crippen LogP contribution is -2.50. The highest BCUT2D eigenvalue weighted by atomic mass is 16.7. The molecule has 0 bridgehead atoms. The first-order chi connectivity index (χ1) is 15.4. The molecule has 3 aliphatic heterocycles. The SMILES string of the molecule is Cc1cc(CN2CCN(C(=O)ON3C(=O)CCC3=O)CC2)cc(C(=O)N2CCOCC2)c1. The van der Waals surface area contributed by atoms with Gasteiger partial charge in [-0.2, -0.15) is 0 Å². The number of amides is 4. The zero-order valence-electron chi connectivity index (χ0n) is 18.2. The number of piperazine rings is 1. The van der Waals surface area contributed by atoms with Gasteiger partial charge in [-0.05, 0) is 24.6 Å². The molecule has 10 heteroatoms. The van der Waals surface area contributed by atoms with E-state index in [9.17, 15) is 19.2 Å². The predicted octanol–water partition coefficient (Wildman–Crippen LogP) is 0.786. The van der Waals surface area contributed by atoms with Gasteiger partial charge >= 0.3 is 6.09 Å². The fourth-order valence-electron chi connectivity index (χ4n) is 4.17. The molecule has 0 aromatic heterocycles. The molecule has 3 aliphatic rings. The van der Waals surface area contributed by atoms with Crippen molar-refractivity contribution in [2.45, 2.75) is 26.3 Å². The molecule has 0 N–H and O–H groups in total. The van der Waals surface area contributed by atoms with Crippen molar-refractivity contribution in [2.24, 2.45) is 0 Å². The van der Waals surface area contributed by atoms with Gasteiger partial charge in [0.1, 0.15) is 0 Å². The van der Waals surface area contributed by atoms with E-state index in [1.807, 2.05) is 24.0 Å². The van der Waals surface area contributed by atoms with Crippen LogP contribution in [0.3, 0.4) is 0 Å². The summed E-state index contributed by atoms with van der Waals surface area (Å²) < 4.78 is 5.33. The second-order valence-corrected chi connectivity index (χ2v) is 8.31. The lowest BCUT2D eigenvalue weighted by atomic mass is 10.0. The molecule has 3 fully saturated rings. The molecule has 172 valence electrons. The lowest BCUT2D eigenvalue weighted by molar-refractivity contribution is -0.174. The number of rotatable bonds is 4. The molecule has 0 spiro atoms. The van der Waals surface area contributed by atoms with Crippen LogP contribution in [0, 0.1) is 6.92 Å². The molecule has 10 nitrogen and oxygen atoms in total. The molecule has 1 aromatic carbocycles. The van der Waals surface area contributed by atoms with Gasteiger partial charge in [-0.25, -0.2) is 4.79 Å². The Balaban J connectivity index is 1.31. The maximum atomic E-state index is 12.8. The normalized spacial score (nSPS) is 20.1. The Kier molecular flexibility index (Phi) is 6.71. The highest BCUT2D eigenvalue weighted by molar-refractivity contribution is 6.01. The third-order valence-corrected chi connectivity index (χ3v) is 5.89. The van der Waals surface area contributed by atoms with E-state index in [-0.39, 0.29) is 18.7 Å². The topological polar surface area (TPSA) is 99.7 Å². The fraction of sp³-hybridized carbons (Fsp3) is 0.545. The maximum Gasteiger partial charge on any atom is 0.434 e. The molecular weight excluding hydrogens is 416 g/mol. The summed E-state index contributed by atoms with van der Waals surface area (Å²) >= 11 is 0. The van der Waals surface area contributed by atoms with Gasteiger partial charge in [-0.1, -0.05) is 11.6 Å². The number of morpholine rings is 1. The van der Waals surface area contributed by atoms with Crippen molar-refractivity contribution in [3.8, 4) is 0 Å². The molecule has 0 atom stereocenters. The van der Waals surface area contributed by atoms with Gasteiger partial charge in [0.05, 0.1) is 13.2 Å². The van der Waals surface area contributed by atoms with Crippen LogP contribution in [0.4, 0.5) is 4.79 Å². The number of nitrogens with zero attached hydrogens (tertiary/aromatic N) is 4. The number of aryl methyl sites for hydroxylation is 1. The second-order valence-electron chi connectivity index (χ2n) is 8.31. The van der Waals surface area contributed by atoms with E-state index >= 15 is 0 Å². The maximum absolute atomic E-state index is 12.8. The quantitative estimate of drug-likeness (QED) is 0.633. The van der Waals surface area contributed by atoms with Crippen molar-refractivity contribution in [2.75, 3.05) is 52.5 Å². The van der Waals surface area contributed by atoms with Crippen LogP contribution in [0.15, 0.2) is 18.2 Å². The Hall–Kier alpha value is -2.98. The van der Waals surface area contributed by atoms with Gasteiger partial charge in [0.25, 0.3) is 17.7 Å². The summed E-state index contributed by atoms with van der Waals surface area (Å²) in [6.45, 7) is 7.10. The second kappa shape index (κ2) is 9.66. The molecule has 0 radical (unpaired) electrons. The molecule has 3 heterocycles. The van der Waals surface area contributed by atoms with E-state index in [1.165, 1.54) is 4.90 Å². The van der Waals surface area contributed by atoms with Crippen molar-refractivity contribution in [3.63, 3.8) is 0 Å². The van der Waals surface area contributed by atoms with Crippen LogP contribution in [-0.4, -0.2) is 96.1 Å². The summed E-state index contributed by atoms with van der Waals surface area (Å²) in [7, 11) is 0. The fourth-order valence-corrected chi connectivity index (χ4v) is 4.17. The van der Waals surface area contributed by atoms with Crippen LogP contribution in [0.2, 0.25) is 0 Å². The Labute approximate surface area is 186 Å². The van der Waals surface area contributed by atoms with Crippen molar-refractivity contribution in [1.29, 1.82) is 0 Å². The van der Waals surface area contributed by atoms with Crippen molar-refractivity contribution >= 4 is 23.8 Å². The van der Waals surface area contributed by atoms with Crippen molar-refractivity contribution in [3.05, 3.63) is 34.9 Å². The first-order valence-electron chi connectivity index (χ1n) is 10.9. The number of carbonyl (C=O) groups excluding carboxylic acids is 4. The van der Waals surface area contributed by atoms with Gasteiger partial charge in [-0.15, -0.1) is 5.06 Å².